The van der Waals surface area contributed by atoms with E-state index in [1.54, 1.807) is 0 Å². The molecule has 0 bridgehead atoms. The Morgan fingerprint density at radius 1 is 0.280 bits per heavy atom. The molecule has 82 heavy (non-hydrogen) atoms. The van der Waals surface area contributed by atoms with Crippen molar-refractivity contribution in [2.75, 3.05) is 13.2 Å². The van der Waals surface area contributed by atoms with Crippen LogP contribution in [0.3, 0.4) is 0 Å². The third kappa shape index (κ3) is 67.5. The van der Waals surface area contributed by atoms with Gasteiger partial charge in [-0.15, -0.1) is 0 Å². The van der Waals surface area contributed by atoms with E-state index in [9.17, 15) is 14.7 Å². The summed E-state index contributed by atoms with van der Waals surface area (Å²) in [7, 11) is 0. The number of rotatable bonds is 59. The van der Waals surface area contributed by atoms with E-state index in [2.05, 4.69) is 196 Å². The Morgan fingerprint density at radius 3 is 0.756 bits per heavy atom. The lowest BCUT2D eigenvalue weighted by Gasteiger charge is -2.15. The van der Waals surface area contributed by atoms with Crippen LogP contribution < -0.4 is 0 Å². The average Bonchev–Trinajstić information content (AvgIpc) is 3.49. The second-order valence-electron chi connectivity index (χ2n) is 21.4. The number of hydrogen-bond donors (Lipinski definition) is 1. The van der Waals surface area contributed by atoms with Crippen molar-refractivity contribution in [3.63, 3.8) is 0 Å². The molecule has 0 saturated heterocycles. The lowest BCUT2D eigenvalue weighted by atomic mass is 10.0. The normalized spacial score (nSPS) is 13.5. The number of aliphatic hydroxyl groups is 1. The van der Waals surface area contributed by atoms with Gasteiger partial charge in [-0.3, -0.25) is 9.59 Å². The third-order valence-electron chi connectivity index (χ3n) is 13.7. The van der Waals surface area contributed by atoms with Gasteiger partial charge in [0.1, 0.15) is 6.61 Å². The van der Waals surface area contributed by atoms with Crippen molar-refractivity contribution in [2.45, 2.75) is 277 Å². The molecule has 0 amide bonds. The van der Waals surface area contributed by atoms with Crippen molar-refractivity contribution in [2.24, 2.45) is 0 Å². The summed E-state index contributed by atoms with van der Waals surface area (Å²) in [5, 5.41) is 9.68. The van der Waals surface area contributed by atoms with E-state index in [1.807, 2.05) is 0 Å². The molecule has 0 aliphatic carbocycles. The molecule has 0 aromatic carbocycles. The Labute approximate surface area is 505 Å². The van der Waals surface area contributed by atoms with Crippen LogP contribution in [-0.2, 0) is 19.1 Å². The fourth-order valence-electron chi connectivity index (χ4n) is 8.79. The SMILES string of the molecule is CC/C=C\C/C=C\C/C=C\C/C=C\C/C=C\C/C=C\C/C=C\C/C=C\CCCCC(=O)OC(CO)COC(=O)CCCCCCCCCCCCCCCCCCCCC/C=C\C/C=C\C/C=C\C/C=C\C/C=C\C/C=C\C/C=C\CC. The molecule has 5 nitrogen and oxygen atoms in total. The van der Waals surface area contributed by atoms with Crippen molar-refractivity contribution in [1.82, 2.24) is 0 Å². The van der Waals surface area contributed by atoms with Crippen LogP contribution in [0.4, 0.5) is 0 Å². The minimum atomic E-state index is -0.808. The van der Waals surface area contributed by atoms with Crippen LogP contribution in [0.25, 0.3) is 0 Å². The van der Waals surface area contributed by atoms with Gasteiger partial charge in [-0.25, -0.2) is 0 Å². The zero-order valence-corrected chi connectivity index (χ0v) is 52.7. The molecule has 1 atom stereocenters. The first-order valence-electron chi connectivity index (χ1n) is 33.3. The standard InChI is InChI=1S/C77H122O5/c1-3-5-7-9-11-13-15-17-19-21-23-25-27-29-31-32-33-34-35-36-37-38-39-40-41-42-43-44-46-47-49-51-53-55-57-59-61-63-65-67-69-71-76(79)81-74-75(73-78)82-77(80)72-70-68-66-64-62-60-58-56-54-52-50-48-45-30-28-26-24-22-20-18-16-14-12-10-8-6-4-2/h5-8,11-14,17-20,23-26,29-31,33-34,36-37,45,50,52,56,58,62,64,75,78H,3-4,9-10,15-16,21-22,27-28,32,35,38-44,46-49,51,53-55,57,59-61,63,65-74H2,1-2H3/b7-5-,8-6-,13-11-,14-12-,19-17-,20-18-,25-23-,26-24-,31-29-,34-33-,37-36-,45-30-,52-50-,58-56-,64-62-. The molecule has 0 radical (unpaired) electrons. The van der Waals surface area contributed by atoms with Gasteiger partial charge in [0.15, 0.2) is 6.10 Å². The average molecular weight is 1130 g/mol. The van der Waals surface area contributed by atoms with E-state index in [0.29, 0.717) is 19.3 Å². The number of hydrogen-bond acceptors (Lipinski definition) is 5. The molecule has 0 saturated carbocycles. The molecule has 1 unspecified atom stereocenters. The van der Waals surface area contributed by atoms with Gasteiger partial charge in [0.2, 0.25) is 0 Å². The molecule has 0 aromatic heterocycles. The molecular formula is C77H122O5. The quantitative estimate of drug-likeness (QED) is 0.0373. The second-order valence-corrected chi connectivity index (χ2v) is 21.4. The summed E-state index contributed by atoms with van der Waals surface area (Å²) in [5.41, 5.74) is 0. The van der Waals surface area contributed by atoms with Gasteiger partial charge in [-0.05, 0) is 135 Å². The predicted molar refractivity (Wildman–Crippen MR) is 361 cm³/mol. The van der Waals surface area contributed by atoms with Crippen LogP contribution >= 0.6 is 0 Å². The zero-order chi connectivity index (χ0) is 59.1. The summed E-state index contributed by atoms with van der Waals surface area (Å²) in [4.78, 5) is 24.6. The van der Waals surface area contributed by atoms with E-state index >= 15 is 0 Å². The number of carbonyl (C=O) groups is 2. The zero-order valence-electron chi connectivity index (χ0n) is 52.7. The number of ether oxygens (including phenoxy) is 2. The number of allylic oxidation sites excluding steroid dienone is 30. The summed E-state index contributed by atoms with van der Waals surface area (Å²) in [6.07, 6.45) is 110. The molecule has 0 spiro atoms. The lowest BCUT2D eigenvalue weighted by molar-refractivity contribution is -0.161. The summed E-state index contributed by atoms with van der Waals surface area (Å²) in [6.45, 7) is 3.88. The largest absolute Gasteiger partial charge is 0.462 e. The third-order valence-corrected chi connectivity index (χ3v) is 13.7. The van der Waals surface area contributed by atoms with Crippen molar-refractivity contribution in [1.29, 1.82) is 0 Å². The fraction of sp³-hybridized carbons (Fsp3) is 0.584. The number of aliphatic hydroxyl groups excluding tert-OH is 1. The van der Waals surface area contributed by atoms with Gasteiger partial charge in [0.05, 0.1) is 6.61 Å². The molecule has 5 heteroatoms. The minimum absolute atomic E-state index is 0.0926. The Morgan fingerprint density at radius 2 is 0.488 bits per heavy atom. The highest BCUT2D eigenvalue weighted by atomic mass is 16.6. The monoisotopic (exact) mass is 1130 g/mol. The highest BCUT2D eigenvalue weighted by molar-refractivity contribution is 5.70. The predicted octanol–water partition coefficient (Wildman–Crippen LogP) is 23.4. The molecule has 0 rings (SSSR count). The summed E-state index contributed by atoms with van der Waals surface area (Å²) in [5.74, 6) is -0.647. The number of carbonyl (C=O) groups excluding carboxylic acids is 2. The smallest absolute Gasteiger partial charge is 0.306 e. The highest BCUT2D eigenvalue weighted by Gasteiger charge is 2.16. The first kappa shape index (κ1) is 77.0. The van der Waals surface area contributed by atoms with Gasteiger partial charge < -0.3 is 14.6 Å². The van der Waals surface area contributed by atoms with Crippen molar-refractivity contribution >= 4 is 11.9 Å². The van der Waals surface area contributed by atoms with Crippen LogP contribution in [0.2, 0.25) is 0 Å². The van der Waals surface area contributed by atoms with Gasteiger partial charge in [-0.2, -0.15) is 0 Å². The fourth-order valence-corrected chi connectivity index (χ4v) is 8.79. The second kappa shape index (κ2) is 70.3. The van der Waals surface area contributed by atoms with Gasteiger partial charge in [0, 0.05) is 12.8 Å². The number of unbranched alkanes of at least 4 members (excludes halogenated alkanes) is 21. The summed E-state index contributed by atoms with van der Waals surface area (Å²) in [6, 6.07) is 0. The van der Waals surface area contributed by atoms with E-state index in [4.69, 9.17) is 9.47 Å². The molecule has 0 aromatic rings. The molecule has 0 aliphatic heterocycles. The van der Waals surface area contributed by atoms with Gasteiger partial charge in [0.25, 0.3) is 0 Å². The topological polar surface area (TPSA) is 72.8 Å². The van der Waals surface area contributed by atoms with Crippen LogP contribution in [0.1, 0.15) is 271 Å². The Hall–Kier alpha value is -5.00. The first-order valence-corrected chi connectivity index (χ1v) is 33.3. The van der Waals surface area contributed by atoms with Crippen molar-refractivity contribution in [3.05, 3.63) is 182 Å². The Bertz CT molecular complexity index is 1850. The van der Waals surface area contributed by atoms with Crippen LogP contribution in [0.15, 0.2) is 182 Å². The van der Waals surface area contributed by atoms with E-state index in [-0.39, 0.29) is 25.2 Å². The van der Waals surface area contributed by atoms with Gasteiger partial charge in [-0.1, -0.05) is 305 Å². The molecule has 0 fully saturated rings. The first-order chi connectivity index (χ1) is 40.6. The van der Waals surface area contributed by atoms with Crippen LogP contribution in [-0.4, -0.2) is 36.4 Å². The molecule has 460 valence electrons. The van der Waals surface area contributed by atoms with Crippen LogP contribution in [0.5, 0.6) is 0 Å². The maximum Gasteiger partial charge on any atom is 0.306 e. The van der Waals surface area contributed by atoms with E-state index in [0.717, 1.165) is 128 Å². The summed E-state index contributed by atoms with van der Waals surface area (Å²) < 4.78 is 10.7. The maximum atomic E-state index is 12.3. The van der Waals surface area contributed by atoms with E-state index < -0.39 is 6.10 Å². The van der Waals surface area contributed by atoms with Crippen molar-refractivity contribution < 1.29 is 24.2 Å². The molecule has 0 aliphatic rings. The van der Waals surface area contributed by atoms with Gasteiger partial charge >= 0.3 is 11.9 Å². The lowest BCUT2D eigenvalue weighted by Crippen LogP contribution is -2.28. The Kier molecular flexibility index (Phi) is 66.0. The molecule has 0 heterocycles. The number of esters is 2. The molecule has 1 N–H and O–H groups in total. The summed E-state index contributed by atoms with van der Waals surface area (Å²) >= 11 is 0. The molecular weight excluding hydrogens is 1000 g/mol. The maximum absolute atomic E-state index is 12.3. The van der Waals surface area contributed by atoms with E-state index in [1.165, 1.54) is 109 Å². The van der Waals surface area contributed by atoms with Crippen molar-refractivity contribution in [3.8, 4) is 0 Å². The van der Waals surface area contributed by atoms with Crippen LogP contribution in [0, 0.1) is 0 Å². The minimum Gasteiger partial charge on any atom is -0.462 e. The Balaban J connectivity index is 3.56. The highest BCUT2D eigenvalue weighted by Crippen LogP contribution is 2.16.